The molecule has 2 fully saturated rings. The molecule has 5 rings (SSSR count). The number of nitrogens with zero attached hydrogens (tertiary/aromatic N) is 3. The van der Waals surface area contributed by atoms with E-state index in [-0.39, 0.29) is 23.8 Å². The van der Waals surface area contributed by atoms with E-state index < -0.39 is 5.66 Å². The quantitative estimate of drug-likeness (QED) is 0.747. The van der Waals surface area contributed by atoms with Crippen molar-refractivity contribution in [2.75, 3.05) is 25.0 Å². The Balaban J connectivity index is 1.24. The number of carbonyl (C=O) groups is 2. The average molecular weight is 432 g/mol. The van der Waals surface area contributed by atoms with Crippen LogP contribution in [0.3, 0.4) is 0 Å². The van der Waals surface area contributed by atoms with Gasteiger partial charge in [0.1, 0.15) is 17.1 Å². The summed E-state index contributed by atoms with van der Waals surface area (Å²) in [6.07, 6.45) is 2.25. The number of ether oxygens (including phenoxy) is 1. The van der Waals surface area contributed by atoms with Crippen LogP contribution in [-0.2, 0) is 16.0 Å². The molecule has 9 nitrogen and oxygen atoms in total. The van der Waals surface area contributed by atoms with E-state index in [1.807, 2.05) is 11.0 Å². The molecule has 2 spiro atoms. The Morgan fingerprint density at radius 2 is 2.07 bits per heavy atom. The molecule has 1 atom stereocenters. The van der Waals surface area contributed by atoms with Crippen LogP contribution in [0.25, 0.3) is 0 Å². The number of piperidine rings is 1. The van der Waals surface area contributed by atoms with Crippen molar-refractivity contribution in [3.05, 3.63) is 40.2 Å². The minimum absolute atomic E-state index is 0.00580. The van der Waals surface area contributed by atoms with E-state index >= 15 is 0 Å². The Labute approximate surface area is 178 Å². The summed E-state index contributed by atoms with van der Waals surface area (Å²) in [5, 5.41) is 14.6. The maximum absolute atomic E-state index is 12.7. The monoisotopic (exact) mass is 431 g/mol. The van der Waals surface area contributed by atoms with Crippen molar-refractivity contribution in [2.45, 2.75) is 43.9 Å². The molecule has 2 amide bonds. The van der Waals surface area contributed by atoms with E-state index in [0.717, 1.165) is 5.69 Å². The molecule has 30 heavy (non-hydrogen) atoms. The Kier molecular flexibility index (Phi) is 4.48. The third kappa shape index (κ3) is 3.31. The fraction of sp³-hybridized carbons (Fsp3) is 0.500. The number of likely N-dealkylation sites (tertiary alicyclic amines) is 1. The van der Waals surface area contributed by atoms with Crippen LogP contribution in [0.1, 0.15) is 41.0 Å². The SMILES string of the molecule is Cc1nonc1CC(=O)N1CCC2(CC1)CC1(CO2)NC(=O)c2cc(Cl)ccc2N1. The lowest BCUT2D eigenvalue weighted by molar-refractivity contribution is -0.135. The molecule has 2 aromatic rings. The van der Waals surface area contributed by atoms with E-state index in [4.69, 9.17) is 16.3 Å². The van der Waals surface area contributed by atoms with Crippen molar-refractivity contribution < 1.29 is 19.0 Å². The molecule has 3 aliphatic heterocycles. The first-order chi connectivity index (χ1) is 14.4. The Morgan fingerprint density at radius 3 is 2.80 bits per heavy atom. The van der Waals surface area contributed by atoms with Crippen LogP contribution < -0.4 is 10.6 Å². The van der Waals surface area contributed by atoms with Crippen LogP contribution >= 0.6 is 11.6 Å². The van der Waals surface area contributed by atoms with Gasteiger partial charge in [0.2, 0.25) is 5.91 Å². The fourth-order valence-electron chi connectivity index (χ4n) is 4.63. The molecule has 2 N–H and O–H groups in total. The molecule has 1 aromatic carbocycles. The molecule has 3 aliphatic rings. The summed E-state index contributed by atoms with van der Waals surface area (Å²) in [4.78, 5) is 27.1. The molecular weight excluding hydrogens is 410 g/mol. The molecule has 1 unspecified atom stereocenters. The molecule has 158 valence electrons. The second-order valence-corrected chi connectivity index (χ2v) is 8.79. The number of hydrogen-bond donors (Lipinski definition) is 2. The third-order valence-corrected chi connectivity index (χ3v) is 6.53. The zero-order chi connectivity index (χ0) is 20.9. The van der Waals surface area contributed by atoms with Crippen LogP contribution in [0, 0.1) is 6.92 Å². The van der Waals surface area contributed by atoms with Crippen LogP contribution in [0.2, 0.25) is 5.02 Å². The van der Waals surface area contributed by atoms with Crippen molar-refractivity contribution in [1.29, 1.82) is 0 Å². The Morgan fingerprint density at radius 1 is 1.27 bits per heavy atom. The smallest absolute Gasteiger partial charge is 0.255 e. The number of amides is 2. The van der Waals surface area contributed by atoms with Crippen LogP contribution in [0.5, 0.6) is 0 Å². The summed E-state index contributed by atoms with van der Waals surface area (Å²) in [5.74, 6) is -0.151. The number of nitrogens with one attached hydrogen (secondary N) is 2. The number of fused-ring (bicyclic) bond motifs is 1. The molecule has 0 saturated carbocycles. The lowest BCUT2D eigenvalue weighted by Crippen LogP contribution is -2.59. The number of benzene rings is 1. The first-order valence-electron chi connectivity index (χ1n) is 9.97. The molecule has 0 radical (unpaired) electrons. The zero-order valence-corrected chi connectivity index (χ0v) is 17.3. The average Bonchev–Trinajstić information content (AvgIpc) is 3.27. The topological polar surface area (TPSA) is 110 Å². The standard InChI is InChI=1S/C20H22ClN5O4/c1-12-16(25-30-24-12)9-17(27)26-6-4-19(5-7-26)10-20(11-29-19)22-15-3-2-13(21)8-14(15)18(28)23-20/h2-3,8,22H,4-7,9-11H2,1H3,(H,23,28). The van der Waals surface area contributed by atoms with Gasteiger partial charge in [0.15, 0.2) is 0 Å². The largest absolute Gasteiger partial charge is 0.370 e. The van der Waals surface area contributed by atoms with Gasteiger partial charge >= 0.3 is 0 Å². The highest BCUT2D eigenvalue weighted by Gasteiger charge is 2.53. The summed E-state index contributed by atoms with van der Waals surface area (Å²) in [5.41, 5.74) is 1.49. The van der Waals surface area contributed by atoms with Gasteiger partial charge in [0.25, 0.3) is 5.91 Å². The van der Waals surface area contributed by atoms with Crippen molar-refractivity contribution in [3.8, 4) is 0 Å². The van der Waals surface area contributed by atoms with E-state index in [0.29, 0.717) is 60.9 Å². The molecule has 1 aromatic heterocycles. The van der Waals surface area contributed by atoms with Gasteiger partial charge < -0.3 is 20.3 Å². The highest BCUT2D eigenvalue weighted by Crippen LogP contribution is 2.43. The number of carbonyl (C=O) groups excluding carboxylic acids is 2. The normalized spacial score (nSPS) is 24.6. The van der Waals surface area contributed by atoms with Crippen LogP contribution in [0.15, 0.2) is 22.8 Å². The van der Waals surface area contributed by atoms with Gasteiger partial charge in [-0.3, -0.25) is 9.59 Å². The summed E-state index contributed by atoms with van der Waals surface area (Å²) in [6, 6.07) is 5.25. The number of anilines is 1. The highest BCUT2D eigenvalue weighted by atomic mass is 35.5. The van der Waals surface area contributed by atoms with Crippen molar-refractivity contribution in [1.82, 2.24) is 20.5 Å². The van der Waals surface area contributed by atoms with Crippen molar-refractivity contribution >= 4 is 29.1 Å². The van der Waals surface area contributed by atoms with Crippen molar-refractivity contribution in [2.24, 2.45) is 0 Å². The number of halogens is 1. The van der Waals surface area contributed by atoms with E-state index in [1.54, 1.807) is 19.1 Å². The minimum Gasteiger partial charge on any atom is -0.370 e. The van der Waals surface area contributed by atoms with Gasteiger partial charge in [0.05, 0.1) is 24.2 Å². The number of rotatable bonds is 2. The van der Waals surface area contributed by atoms with Gasteiger partial charge in [-0.25, -0.2) is 4.63 Å². The highest BCUT2D eigenvalue weighted by molar-refractivity contribution is 6.31. The maximum Gasteiger partial charge on any atom is 0.255 e. The first-order valence-corrected chi connectivity index (χ1v) is 10.3. The fourth-order valence-corrected chi connectivity index (χ4v) is 4.80. The second-order valence-electron chi connectivity index (χ2n) is 8.35. The van der Waals surface area contributed by atoms with Gasteiger partial charge in [0, 0.05) is 30.2 Å². The Hall–Kier alpha value is -2.65. The molecule has 0 aliphatic carbocycles. The zero-order valence-electron chi connectivity index (χ0n) is 16.5. The molecule has 0 bridgehead atoms. The molecule has 4 heterocycles. The summed E-state index contributed by atoms with van der Waals surface area (Å²) < 4.78 is 10.9. The van der Waals surface area contributed by atoms with E-state index in [9.17, 15) is 9.59 Å². The van der Waals surface area contributed by atoms with Crippen molar-refractivity contribution in [3.63, 3.8) is 0 Å². The van der Waals surface area contributed by atoms with Gasteiger partial charge in [-0.2, -0.15) is 0 Å². The minimum atomic E-state index is -0.645. The second kappa shape index (κ2) is 6.95. The predicted molar refractivity (Wildman–Crippen MR) is 107 cm³/mol. The first kappa shape index (κ1) is 19.3. The number of hydrogen-bond acceptors (Lipinski definition) is 7. The summed E-state index contributed by atoms with van der Waals surface area (Å²) >= 11 is 6.02. The maximum atomic E-state index is 12.7. The number of aromatic nitrogens is 2. The number of aryl methyl sites for hydroxylation is 1. The van der Waals surface area contributed by atoms with Gasteiger partial charge in [-0.1, -0.05) is 21.9 Å². The summed E-state index contributed by atoms with van der Waals surface area (Å²) in [6.45, 7) is 3.34. The van der Waals surface area contributed by atoms with Crippen LogP contribution in [-0.4, -0.2) is 58.0 Å². The molecule has 2 saturated heterocycles. The van der Waals surface area contributed by atoms with Crippen LogP contribution in [0.4, 0.5) is 5.69 Å². The lowest BCUT2D eigenvalue weighted by Gasteiger charge is -2.41. The third-order valence-electron chi connectivity index (χ3n) is 6.29. The predicted octanol–water partition coefficient (Wildman–Crippen LogP) is 1.91. The Bertz CT molecular complexity index is 1020. The van der Waals surface area contributed by atoms with Gasteiger partial charge in [-0.05, 0) is 38.0 Å². The molecular formula is C20H22ClN5O4. The van der Waals surface area contributed by atoms with E-state index in [2.05, 4.69) is 25.6 Å². The van der Waals surface area contributed by atoms with Gasteiger partial charge in [-0.15, -0.1) is 0 Å². The summed E-state index contributed by atoms with van der Waals surface area (Å²) in [7, 11) is 0. The van der Waals surface area contributed by atoms with E-state index in [1.165, 1.54) is 0 Å². The lowest BCUT2D eigenvalue weighted by atomic mass is 9.84. The molecule has 10 heteroatoms.